The zero-order valence-corrected chi connectivity index (χ0v) is 11.4. The van der Waals surface area contributed by atoms with E-state index in [9.17, 15) is 0 Å². The summed E-state index contributed by atoms with van der Waals surface area (Å²) in [5.41, 5.74) is 4.13. The number of nitrogens with one attached hydrogen (secondary N) is 1. The summed E-state index contributed by atoms with van der Waals surface area (Å²) in [6.07, 6.45) is 0. The lowest BCUT2D eigenvalue weighted by atomic mass is 9.94. The van der Waals surface area contributed by atoms with Crippen molar-refractivity contribution < 1.29 is 9.78 Å². The second-order valence-corrected chi connectivity index (χ2v) is 5.27. The first-order valence-corrected chi connectivity index (χ1v) is 6.97. The van der Waals surface area contributed by atoms with Crippen molar-refractivity contribution in [2.75, 3.05) is 5.32 Å². The van der Waals surface area contributed by atoms with Gasteiger partial charge in [-0.1, -0.05) is 35.4 Å². The molecule has 3 aromatic rings. The molecule has 1 atom stereocenters. The molecule has 3 heterocycles. The van der Waals surface area contributed by atoms with Crippen LogP contribution >= 0.6 is 0 Å². The monoisotopic (exact) mass is 293 g/mol. The molecule has 2 aliphatic rings. The van der Waals surface area contributed by atoms with E-state index in [0.717, 1.165) is 28.1 Å². The molecule has 0 saturated heterocycles. The van der Waals surface area contributed by atoms with E-state index in [1.807, 2.05) is 30.3 Å². The molecule has 0 bridgehead atoms. The number of nitrogens with zero attached hydrogens (tertiary/aromatic N) is 4. The molecule has 0 amide bonds. The van der Waals surface area contributed by atoms with Gasteiger partial charge < -0.3 is 10.2 Å². The molecular weight excluding hydrogens is 282 g/mol. The molecule has 7 heteroatoms. The SMILES string of the molecule is c1ccc(C2Nc3nnnn3-c3cc4c(cc32)OOC4)cc1. The van der Waals surface area contributed by atoms with Crippen LogP contribution in [0.25, 0.3) is 5.69 Å². The molecule has 5 rings (SSSR count). The van der Waals surface area contributed by atoms with Crippen molar-refractivity contribution in [1.82, 2.24) is 20.2 Å². The second kappa shape index (κ2) is 4.28. The third kappa shape index (κ3) is 1.57. The lowest BCUT2D eigenvalue weighted by Gasteiger charge is -2.27. The maximum Gasteiger partial charge on any atom is 0.248 e. The Morgan fingerprint density at radius 1 is 1.18 bits per heavy atom. The van der Waals surface area contributed by atoms with Gasteiger partial charge in [-0.3, -0.25) is 0 Å². The standard InChI is InChI=1S/C15H11N5O2/c1-2-4-9(5-3-1)14-11-7-13-10(8-21-22-13)6-12(11)20-15(16-14)17-18-19-20/h1-7,14H,8H2,(H,16,17,19). The topological polar surface area (TPSA) is 74.1 Å². The predicted octanol–water partition coefficient (Wildman–Crippen LogP) is 2.00. The van der Waals surface area contributed by atoms with Crippen LogP contribution in [0.5, 0.6) is 5.75 Å². The average molecular weight is 293 g/mol. The molecule has 0 fully saturated rings. The van der Waals surface area contributed by atoms with E-state index in [-0.39, 0.29) is 6.04 Å². The van der Waals surface area contributed by atoms with Crippen LogP contribution in [0.1, 0.15) is 22.7 Å². The van der Waals surface area contributed by atoms with Crippen molar-refractivity contribution in [3.63, 3.8) is 0 Å². The first-order chi connectivity index (χ1) is 10.9. The van der Waals surface area contributed by atoms with Crippen LogP contribution in [-0.4, -0.2) is 20.2 Å². The van der Waals surface area contributed by atoms with E-state index in [1.165, 1.54) is 0 Å². The van der Waals surface area contributed by atoms with Crippen LogP contribution in [0, 0.1) is 0 Å². The molecule has 2 aliphatic heterocycles. The van der Waals surface area contributed by atoms with E-state index >= 15 is 0 Å². The van der Waals surface area contributed by atoms with Crippen molar-refractivity contribution in [1.29, 1.82) is 0 Å². The van der Waals surface area contributed by atoms with Crippen molar-refractivity contribution >= 4 is 5.95 Å². The summed E-state index contributed by atoms with van der Waals surface area (Å²) in [4.78, 5) is 10.3. The molecular formula is C15H11N5O2. The zero-order chi connectivity index (χ0) is 14.5. The largest absolute Gasteiger partial charge is 0.342 e. The lowest BCUT2D eigenvalue weighted by molar-refractivity contribution is -0.194. The van der Waals surface area contributed by atoms with Crippen LogP contribution in [0.3, 0.4) is 0 Å². The fourth-order valence-corrected chi connectivity index (χ4v) is 2.94. The number of tetrazole rings is 1. The molecule has 0 aliphatic carbocycles. The molecule has 0 spiro atoms. The summed E-state index contributed by atoms with van der Waals surface area (Å²) in [6, 6.07) is 14.2. The highest BCUT2D eigenvalue weighted by Gasteiger charge is 2.30. The minimum Gasteiger partial charge on any atom is -0.342 e. The van der Waals surface area contributed by atoms with Gasteiger partial charge in [0.15, 0.2) is 5.75 Å². The Labute approximate surface area is 125 Å². The van der Waals surface area contributed by atoms with Crippen LogP contribution in [-0.2, 0) is 11.5 Å². The molecule has 1 N–H and O–H groups in total. The highest BCUT2D eigenvalue weighted by Crippen LogP contribution is 2.40. The fourth-order valence-electron chi connectivity index (χ4n) is 2.94. The summed E-state index contributed by atoms with van der Waals surface area (Å²) in [5.74, 6) is 1.37. The Bertz CT molecular complexity index is 862. The van der Waals surface area contributed by atoms with Gasteiger partial charge in [-0.2, -0.15) is 9.57 Å². The van der Waals surface area contributed by atoms with Gasteiger partial charge in [-0.05, 0) is 28.1 Å². The Kier molecular flexibility index (Phi) is 2.28. The summed E-state index contributed by atoms with van der Waals surface area (Å²) in [6.45, 7) is 0.434. The molecule has 1 unspecified atom stereocenters. The third-order valence-corrected chi connectivity index (χ3v) is 3.99. The normalized spacial score (nSPS) is 17.9. The number of anilines is 1. The fraction of sp³-hybridized carbons (Fsp3) is 0.133. The molecule has 7 nitrogen and oxygen atoms in total. The van der Waals surface area contributed by atoms with E-state index in [0.29, 0.717) is 12.6 Å². The number of benzene rings is 2. The summed E-state index contributed by atoms with van der Waals surface area (Å²) in [7, 11) is 0. The minimum atomic E-state index is -0.0378. The number of fused-ring (bicyclic) bond motifs is 4. The van der Waals surface area contributed by atoms with Gasteiger partial charge >= 0.3 is 0 Å². The van der Waals surface area contributed by atoms with Gasteiger partial charge in [0.25, 0.3) is 0 Å². The molecule has 0 radical (unpaired) electrons. The van der Waals surface area contributed by atoms with Crippen molar-refractivity contribution in [2.45, 2.75) is 12.6 Å². The first-order valence-electron chi connectivity index (χ1n) is 6.97. The first kappa shape index (κ1) is 11.7. The molecule has 2 aromatic carbocycles. The Hall–Kier alpha value is -2.93. The van der Waals surface area contributed by atoms with Crippen molar-refractivity contribution in [2.24, 2.45) is 0 Å². The minimum absolute atomic E-state index is 0.0378. The van der Waals surface area contributed by atoms with Crippen LogP contribution in [0.4, 0.5) is 5.95 Å². The van der Waals surface area contributed by atoms with Crippen LogP contribution in [0.2, 0.25) is 0 Å². The van der Waals surface area contributed by atoms with Gasteiger partial charge in [0, 0.05) is 11.1 Å². The highest BCUT2D eigenvalue weighted by molar-refractivity contribution is 5.61. The van der Waals surface area contributed by atoms with E-state index < -0.39 is 0 Å². The Morgan fingerprint density at radius 3 is 3.00 bits per heavy atom. The Balaban J connectivity index is 1.76. The molecule has 0 saturated carbocycles. The van der Waals surface area contributed by atoms with Gasteiger partial charge in [0.2, 0.25) is 5.95 Å². The number of aromatic nitrogens is 4. The third-order valence-electron chi connectivity index (χ3n) is 3.99. The van der Waals surface area contributed by atoms with Crippen molar-refractivity contribution in [3.05, 3.63) is 59.2 Å². The zero-order valence-electron chi connectivity index (χ0n) is 11.4. The van der Waals surface area contributed by atoms with Gasteiger partial charge in [0.05, 0.1) is 11.7 Å². The molecule has 108 valence electrons. The van der Waals surface area contributed by atoms with Crippen molar-refractivity contribution in [3.8, 4) is 11.4 Å². The predicted molar refractivity (Wildman–Crippen MR) is 76.5 cm³/mol. The van der Waals surface area contributed by atoms with Crippen LogP contribution in [0.15, 0.2) is 42.5 Å². The number of hydrogen-bond acceptors (Lipinski definition) is 6. The quantitative estimate of drug-likeness (QED) is 0.692. The lowest BCUT2D eigenvalue weighted by Crippen LogP contribution is -2.23. The summed E-state index contributed by atoms with van der Waals surface area (Å²) >= 11 is 0. The average Bonchev–Trinajstić information content (AvgIpc) is 3.21. The number of hydrogen-bond donors (Lipinski definition) is 1. The van der Waals surface area contributed by atoms with Crippen LogP contribution < -0.4 is 10.2 Å². The smallest absolute Gasteiger partial charge is 0.248 e. The molecule has 1 aromatic heterocycles. The van der Waals surface area contributed by atoms with Gasteiger partial charge in [-0.15, -0.1) is 0 Å². The maximum atomic E-state index is 5.23. The van der Waals surface area contributed by atoms with Gasteiger partial charge in [0.1, 0.15) is 6.61 Å². The number of rotatable bonds is 1. The van der Waals surface area contributed by atoms with E-state index in [2.05, 4.69) is 33.0 Å². The Morgan fingerprint density at radius 2 is 2.09 bits per heavy atom. The summed E-state index contributed by atoms with van der Waals surface area (Å²) in [5, 5.41) is 15.2. The van der Waals surface area contributed by atoms with Gasteiger partial charge in [-0.25, -0.2) is 0 Å². The summed E-state index contributed by atoms with van der Waals surface area (Å²) < 4.78 is 1.70. The van der Waals surface area contributed by atoms with E-state index in [4.69, 9.17) is 9.78 Å². The second-order valence-electron chi connectivity index (χ2n) is 5.27. The maximum absolute atomic E-state index is 5.23. The molecule has 22 heavy (non-hydrogen) atoms. The van der Waals surface area contributed by atoms with E-state index in [1.54, 1.807) is 4.68 Å². The highest BCUT2D eigenvalue weighted by atomic mass is 17.2.